The van der Waals surface area contributed by atoms with Crippen LogP contribution in [-0.2, 0) is 0 Å². The highest BCUT2D eigenvalue weighted by molar-refractivity contribution is 8.15. The second-order valence-corrected chi connectivity index (χ2v) is 5.44. The van der Waals surface area contributed by atoms with Crippen molar-refractivity contribution in [3.8, 4) is 0 Å². The first-order valence-corrected chi connectivity index (χ1v) is 6.07. The van der Waals surface area contributed by atoms with Gasteiger partial charge in [0.2, 0.25) is 0 Å². The van der Waals surface area contributed by atoms with Gasteiger partial charge < -0.3 is 4.98 Å². The summed E-state index contributed by atoms with van der Waals surface area (Å²) < 4.78 is 0. The largest absolute Gasteiger partial charge is 0.347 e. The Bertz CT molecular complexity index is 205. The number of H-pyrrole nitrogens is 1. The first-order valence-electron chi connectivity index (χ1n) is 3.84. The van der Waals surface area contributed by atoms with Crippen LogP contribution in [0.25, 0.3) is 0 Å². The number of nitrogens with one attached hydrogen (secondary N) is 1. The van der Waals surface area contributed by atoms with Crippen LogP contribution in [-0.4, -0.2) is 22.5 Å². The van der Waals surface area contributed by atoms with E-state index in [0.29, 0.717) is 5.92 Å². The highest BCUT2D eigenvalue weighted by Gasteiger charge is 2.04. The van der Waals surface area contributed by atoms with E-state index in [0.717, 1.165) is 5.82 Å². The van der Waals surface area contributed by atoms with Gasteiger partial charge in [-0.3, -0.25) is 0 Å². The minimum absolute atomic E-state index is 0.0419. The normalized spacial score (nSPS) is 12.3. The fraction of sp³-hybridized carbons (Fsp3) is 0.625. The maximum Gasteiger partial charge on any atom is 0.109 e. The van der Waals surface area contributed by atoms with Crippen molar-refractivity contribution in [2.45, 2.75) is 24.8 Å². The molecular weight excluding hydrogens is 156 g/mol. The van der Waals surface area contributed by atoms with Gasteiger partial charge in [0, 0.05) is 12.1 Å². The van der Waals surface area contributed by atoms with Crippen LogP contribution < -0.4 is 0 Å². The molecular formula is C8H16N2S. The molecule has 0 aliphatic heterocycles. The van der Waals surface area contributed by atoms with Crippen LogP contribution >= 0.6 is 10.9 Å². The zero-order valence-electron chi connectivity index (χ0n) is 7.55. The molecule has 3 heteroatoms. The minimum Gasteiger partial charge on any atom is -0.347 e. The molecule has 0 bridgehead atoms. The van der Waals surface area contributed by atoms with Crippen molar-refractivity contribution in [3.63, 3.8) is 0 Å². The summed E-state index contributed by atoms with van der Waals surface area (Å²) in [6.45, 7) is 4.30. The monoisotopic (exact) mass is 172 g/mol. The van der Waals surface area contributed by atoms with E-state index in [1.807, 2.05) is 6.20 Å². The van der Waals surface area contributed by atoms with Crippen LogP contribution in [0.3, 0.4) is 0 Å². The molecule has 64 valence electrons. The molecule has 0 amide bonds. The van der Waals surface area contributed by atoms with Gasteiger partial charge in [-0.1, -0.05) is 13.8 Å². The minimum atomic E-state index is -0.0419. The van der Waals surface area contributed by atoms with Crippen LogP contribution in [0.15, 0.2) is 11.2 Å². The van der Waals surface area contributed by atoms with Crippen molar-refractivity contribution in [1.29, 1.82) is 0 Å². The summed E-state index contributed by atoms with van der Waals surface area (Å²) in [4.78, 5) is 7.67. The molecule has 0 aliphatic rings. The Morgan fingerprint density at radius 1 is 1.45 bits per heavy atom. The Kier molecular flexibility index (Phi) is 2.60. The quantitative estimate of drug-likeness (QED) is 0.657. The van der Waals surface area contributed by atoms with Crippen molar-refractivity contribution in [2.24, 2.45) is 0 Å². The molecule has 0 spiro atoms. The Morgan fingerprint density at radius 3 is 2.36 bits per heavy atom. The summed E-state index contributed by atoms with van der Waals surface area (Å²) in [5.74, 6) is 1.62. The SMILES string of the molecule is CC(C)c1nc([SH](C)C)c[nH]1. The first-order chi connectivity index (χ1) is 5.11. The number of aromatic nitrogens is 2. The highest BCUT2D eigenvalue weighted by atomic mass is 32.2. The Hall–Kier alpha value is -0.440. The number of thiol groups is 1. The van der Waals surface area contributed by atoms with Gasteiger partial charge in [0.25, 0.3) is 0 Å². The third-order valence-electron chi connectivity index (χ3n) is 1.59. The van der Waals surface area contributed by atoms with Gasteiger partial charge in [0.05, 0.1) is 5.03 Å². The molecule has 0 fully saturated rings. The summed E-state index contributed by atoms with van der Waals surface area (Å²) in [6, 6.07) is 0. The summed E-state index contributed by atoms with van der Waals surface area (Å²) >= 11 is 0. The van der Waals surface area contributed by atoms with Gasteiger partial charge >= 0.3 is 0 Å². The molecule has 0 atom stereocenters. The van der Waals surface area contributed by atoms with E-state index in [2.05, 4.69) is 36.3 Å². The molecule has 1 rings (SSSR count). The van der Waals surface area contributed by atoms with Crippen molar-refractivity contribution < 1.29 is 0 Å². The average Bonchev–Trinajstić information content (AvgIpc) is 2.33. The molecule has 0 aromatic carbocycles. The molecule has 0 saturated carbocycles. The van der Waals surface area contributed by atoms with E-state index in [9.17, 15) is 0 Å². The van der Waals surface area contributed by atoms with Crippen LogP contribution in [0.4, 0.5) is 0 Å². The Balaban J connectivity index is 2.82. The van der Waals surface area contributed by atoms with Crippen molar-refractivity contribution in [2.75, 3.05) is 12.5 Å². The number of nitrogens with zero attached hydrogens (tertiary/aromatic N) is 1. The summed E-state index contributed by atoms with van der Waals surface area (Å²) in [7, 11) is -0.0419. The van der Waals surface area contributed by atoms with Crippen LogP contribution in [0.5, 0.6) is 0 Å². The summed E-state index contributed by atoms with van der Waals surface area (Å²) in [5, 5.41) is 1.23. The predicted octanol–water partition coefficient (Wildman–Crippen LogP) is 2.15. The van der Waals surface area contributed by atoms with Gasteiger partial charge in [-0.15, -0.1) is 0 Å². The van der Waals surface area contributed by atoms with Gasteiger partial charge in [0.15, 0.2) is 0 Å². The lowest BCUT2D eigenvalue weighted by Gasteiger charge is -2.02. The van der Waals surface area contributed by atoms with E-state index < -0.39 is 0 Å². The van der Waals surface area contributed by atoms with Crippen LogP contribution in [0.1, 0.15) is 25.6 Å². The zero-order valence-corrected chi connectivity index (χ0v) is 8.44. The molecule has 0 saturated heterocycles. The molecule has 0 unspecified atom stereocenters. The maximum atomic E-state index is 4.48. The lowest BCUT2D eigenvalue weighted by molar-refractivity contribution is 0.787. The average molecular weight is 172 g/mol. The number of rotatable bonds is 2. The van der Waals surface area contributed by atoms with E-state index in [1.165, 1.54) is 5.03 Å². The Labute approximate surface area is 70.8 Å². The topological polar surface area (TPSA) is 28.7 Å². The maximum absolute atomic E-state index is 4.48. The van der Waals surface area contributed by atoms with Gasteiger partial charge in [-0.05, 0) is 12.5 Å². The van der Waals surface area contributed by atoms with E-state index >= 15 is 0 Å². The lowest BCUT2D eigenvalue weighted by atomic mass is 10.2. The fourth-order valence-corrected chi connectivity index (χ4v) is 1.48. The molecule has 1 aromatic rings. The molecule has 1 heterocycles. The van der Waals surface area contributed by atoms with Gasteiger partial charge in [0.1, 0.15) is 5.82 Å². The number of hydrogen-bond donors (Lipinski definition) is 2. The third-order valence-corrected chi connectivity index (χ3v) is 2.73. The molecule has 2 nitrogen and oxygen atoms in total. The molecule has 1 N–H and O–H groups in total. The van der Waals surface area contributed by atoms with Crippen LogP contribution in [0.2, 0.25) is 0 Å². The second-order valence-electron chi connectivity index (χ2n) is 3.19. The number of imidazole rings is 1. The lowest BCUT2D eigenvalue weighted by Crippen LogP contribution is -1.89. The number of aromatic amines is 1. The predicted molar refractivity (Wildman–Crippen MR) is 51.8 cm³/mol. The molecule has 1 aromatic heterocycles. The summed E-state index contributed by atoms with van der Waals surface area (Å²) in [6.07, 6.45) is 6.46. The zero-order chi connectivity index (χ0) is 8.43. The van der Waals surface area contributed by atoms with E-state index in [-0.39, 0.29) is 10.9 Å². The standard InChI is InChI=1S/C8H16N2S/c1-6(2)8-9-5-7(10-8)11(3)4/h5-6,11H,1-4H3,(H,9,10). The highest BCUT2D eigenvalue weighted by Crippen LogP contribution is 2.26. The smallest absolute Gasteiger partial charge is 0.109 e. The molecule has 0 aliphatic carbocycles. The van der Waals surface area contributed by atoms with Crippen molar-refractivity contribution in [3.05, 3.63) is 12.0 Å². The summed E-state index contributed by atoms with van der Waals surface area (Å²) in [5.41, 5.74) is 0. The fourth-order valence-electron chi connectivity index (χ4n) is 0.851. The molecule has 11 heavy (non-hydrogen) atoms. The van der Waals surface area contributed by atoms with Gasteiger partial charge in [-0.25, -0.2) is 15.9 Å². The second kappa shape index (κ2) is 3.30. The first kappa shape index (κ1) is 8.65. The van der Waals surface area contributed by atoms with Gasteiger partial charge in [-0.2, -0.15) is 0 Å². The van der Waals surface area contributed by atoms with E-state index in [1.54, 1.807) is 0 Å². The van der Waals surface area contributed by atoms with Crippen molar-refractivity contribution in [1.82, 2.24) is 9.97 Å². The third kappa shape index (κ3) is 1.99. The van der Waals surface area contributed by atoms with Crippen LogP contribution in [0, 0.1) is 0 Å². The Morgan fingerprint density at radius 2 is 2.09 bits per heavy atom. The number of hydrogen-bond acceptors (Lipinski definition) is 1. The van der Waals surface area contributed by atoms with Crippen molar-refractivity contribution >= 4 is 10.9 Å². The molecule has 0 radical (unpaired) electrons. The van der Waals surface area contributed by atoms with E-state index in [4.69, 9.17) is 0 Å².